The van der Waals surface area contributed by atoms with Gasteiger partial charge in [-0.3, -0.25) is 37.3 Å². The highest BCUT2D eigenvalue weighted by Gasteiger charge is 2.30. The van der Waals surface area contributed by atoms with Crippen LogP contribution in [0.4, 0.5) is 0 Å². The summed E-state index contributed by atoms with van der Waals surface area (Å²) in [5.74, 6) is 0.114. The number of rotatable bonds is 62. The summed E-state index contributed by atoms with van der Waals surface area (Å²) in [6.07, 6.45) is 36.2. The average molecular weight is 1230 g/mol. The van der Waals surface area contributed by atoms with E-state index < -0.39 is 97.5 Å². The minimum atomic E-state index is -4.95. The standard InChI is InChI=1S/C64H124O17P2/c1-8-12-13-14-15-18-22-31-38-45-61(66)74-51-60(81-64(69)48-41-34-27-25-30-37-44-57(7)11-4)54-79-83(72,73)77-50-58(65)49-76-82(70,71)78-53-59(52-75-62(67)46-39-32-26-24-29-36-43-56(6)10-3)80-63(68)47-40-33-23-20-17-16-19-21-28-35-42-55(5)9-2/h55-60,65H,8-54H2,1-7H3,(H,70,71)(H,72,73)/t55?,56?,57?,58-,59-,60-/m1/s1. The number of aliphatic hydroxyl groups is 1. The molecule has 0 spiro atoms. The molecule has 0 aliphatic heterocycles. The second kappa shape index (κ2) is 55.4. The minimum Gasteiger partial charge on any atom is -0.462 e. The van der Waals surface area contributed by atoms with Gasteiger partial charge in [0, 0.05) is 25.7 Å². The molecule has 0 radical (unpaired) electrons. The highest BCUT2D eigenvalue weighted by Crippen LogP contribution is 2.45. The highest BCUT2D eigenvalue weighted by atomic mass is 31.2. The second-order valence-electron chi connectivity index (χ2n) is 23.9. The molecule has 83 heavy (non-hydrogen) atoms. The van der Waals surface area contributed by atoms with Gasteiger partial charge in [0.1, 0.15) is 19.3 Å². The number of phosphoric acid groups is 2. The number of phosphoric ester groups is 2. The Bertz CT molecular complexity index is 1650. The molecular weight excluding hydrogens is 1100 g/mol. The van der Waals surface area contributed by atoms with Crippen molar-refractivity contribution in [3.8, 4) is 0 Å². The number of unbranched alkanes of at least 4 members (excludes halogenated alkanes) is 27. The van der Waals surface area contributed by atoms with E-state index in [1.54, 1.807) is 0 Å². The summed E-state index contributed by atoms with van der Waals surface area (Å²) >= 11 is 0. The van der Waals surface area contributed by atoms with Crippen LogP contribution in [-0.2, 0) is 65.4 Å². The van der Waals surface area contributed by atoms with Crippen LogP contribution < -0.4 is 0 Å². The number of hydrogen-bond donors (Lipinski definition) is 3. The zero-order valence-corrected chi connectivity index (χ0v) is 55.4. The van der Waals surface area contributed by atoms with Crippen LogP contribution in [0.1, 0.15) is 312 Å². The first-order chi connectivity index (χ1) is 39.8. The van der Waals surface area contributed by atoms with Gasteiger partial charge in [0.25, 0.3) is 0 Å². The fraction of sp³-hybridized carbons (Fsp3) is 0.938. The first kappa shape index (κ1) is 81.1. The molecule has 0 saturated heterocycles. The molecule has 0 aliphatic rings. The normalized spacial score (nSPS) is 15.3. The van der Waals surface area contributed by atoms with E-state index in [9.17, 15) is 43.2 Å². The van der Waals surface area contributed by atoms with Crippen molar-refractivity contribution in [2.75, 3.05) is 39.6 Å². The van der Waals surface area contributed by atoms with Gasteiger partial charge in [-0.15, -0.1) is 0 Å². The van der Waals surface area contributed by atoms with Crippen molar-refractivity contribution in [2.24, 2.45) is 17.8 Å². The molecule has 0 aromatic rings. The Hall–Kier alpha value is -1.94. The van der Waals surface area contributed by atoms with E-state index in [1.165, 1.54) is 116 Å². The molecule has 492 valence electrons. The SMILES string of the molecule is CCCCCCCCCCCC(=O)OC[C@H](COP(=O)(O)OC[C@H](O)COP(=O)(O)OC[C@@H](COC(=O)CCCCCCCCC(C)CC)OC(=O)CCCCCCCCCCCCC(C)CC)OC(=O)CCCCCCCCC(C)CC. The molecule has 0 fully saturated rings. The Balaban J connectivity index is 5.25. The zero-order chi connectivity index (χ0) is 61.7. The molecule has 0 saturated carbocycles. The lowest BCUT2D eigenvalue weighted by Crippen LogP contribution is -2.30. The predicted octanol–water partition coefficient (Wildman–Crippen LogP) is 17.5. The fourth-order valence-electron chi connectivity index (χ4n) is 9.38. The second-order valence-corrected chi connectivity index (χ2v) is 26.8. The zero-order valence-electron chi connectivity index (χ0n) is 53.6. The van der Waals surface area contributed by atoms with Crippen LogP contribution in [0.15, 0.2) is 0 Å². The summed E-state index contributed by atoms with van der Waals surface area (Å²) in [6.45, 7) is 11.7. The lowest BCUT2D eigenvalue weighted by atomic mass is 9.99. The Kier molecular flexibility index (Phi) is 54.1. The van der Waals surface area contributed by atoms with Crippen molar-refractivity contribution in [3.05, 3.63) is 0 Å². The molecule has 0 bridgehead atoms. The first-order valence-corrected chi connectivity index (χ1v) is 36.5. The number of hydrogen-bond acceptors (Lipinski definition) is 15. The summed E-state index contributed by atoms with van der Waals surface area (Å²) in [6, 6.07) is 0. The maximum absolute atomic E-state index is 13.0. The highest BCUT2D eigenvalue weighted by molar-refractivity contribution is 7.47. The van der Waals surface area contributed by atoms with Crippen LogP contribution in [-0.4, -0.2) is 96.7 Å². The molecule has 8 atom stereocenters. The molecular formula is C64H124O17P2. The van der Waals surface area contributed by atoms with Gasteiger partial charge in [-0.1, -0.05) is 260 Å². The number of carbonyl (C=O) groups is 4. The van der Waals surface area contributed by atoms with E-state index in [2.05, 4.69) is 48.5 Å². The maximum Gasteiger partial charge on any atom is 0.472 e. The molecule has 0 heterocycles. The van der Waals surface area contributed by atoms with E-state index in [4.69, 9.17) is 37.0 Å². The third kappa shape index (κ3) is 55.1. The fourth-order valence-corrected chi connectivity index (χ4v) is 11.0. The smallest absolute Gasteiger partial charge is 0.462 e. The topological polar surface area (TPSA) is 237 Å². The Morgan fingerprint density at radius 2 is 0.578 bits per heavy atom. The van der Waals surface area contributed by atoms with Crippen molar-refractivity contribution in [2.45, 2.75) is 330 Å². The summed E-state index contributed by atoms with van der Waals surface area (Å²) < 4.78 is 68.0. The Morgan fingerprint density at radius 1 is 0.337 bits per heavy atom. The third-order valence-corrected chi connectivity index (χ3v) is 17.6. The number of carbonyl (C=O) groups excluding carboxylic acids is 4. The predicted molar refractivity (Wildman–Crippen MR) is 331 cm³/mol. The van der Waals surface area contributed by atoms with E-state index in [0.717, 1.165) is 114 Å². The van der Waals surface area contributed by atoms with Crippen LogP contribution in [0.2, 0.25) is 0 Å². The minimum absolute atomic E-state index is 0.102. The van der Waals surface area contributed by atoms with Crippen molar-refractivity contribution < 1.29 is 80.2 Å². The monoisotopic (exact) mass is 1230 g/mol. The quantitative estimate of drug-likeness (QED) is 0.0222. The van der Waals surface area contributed by atoms with Crippen LogP contribution in [0.3, 0.4) is 0 Å². The molecule has 0 amide bonds. The van der Waals surface area contributed by atoms with E-state index in [0.29, 0.717) is 25.7 Å². The van der Waals surface area contributed by atoms with Crippen molar-refractivity contribution in [3.63, 3.8) is 0 Å². The van der Waals surface area contributed by atoms with E-state index in [-0.39, 0.29) is 25.7 Å². The third-order valence-electron chi connectivity index (χ3n) is 15.7. The van der Waals surface area contributed by atoms with Gasteiger partial charge in [0.15, 0.2) is 12.2 Å². The van der Waals surface area contributed by atoms with Gasteiger partial charge >= 0.3 is 39.5 Å². The number of ether oxygens (including phenoxy) is 4. The van der Waals surface area contributed by atoms with Crippen LogP contribution in [0.25, 0.3) is 0 Å². The van der Waals surface area contributed by atoms with Gasteiger partial charge in [0.05, 0.1) is 26.4 Å². The maximum atomic E-state index is 13.0. The van der Waals surface area contributed by atoms with Gasteiger partial charge in [-0.2, -0.15) is 0 Å². The molecule has 3 N–H and O–H groups in total. The van der Waals surface area contributed by atoms with E-state index >= 15 is 0 Å². The van der Waals surface area contributed by atoms with Gasteiger partial charge in [-0.05, 0) is 43.4 Å². The Morgan fingerprint density at radius 3 is 0.855 bits per heavy atom. The van der Waals surface area contributed by atoms with E-state index in [1.807, 2.05) is 0 Å². The lowest BCUT2D eigenvalue weighted by molar-refractivity contribution is -0.161. The molecule has 0 rings (SSSR count). The molecule has 0 aromatic heterocycles. The van der Waals surface area contributed by atoms with Crippen LogP contribution >= 0.6 is 15.6 Å². The largest absolute Gasteiger partial charge is 0.472 e. The van der Waals surface area contributed by atoms with Crippen molar-refractivity contribution >= 4 is 39.5 Å². The average Bonchev–Trinajstić information content (AvgIpc) is 3.46. The molecule has 0 aliphatic carbocycles. The molecule has 19 heteroatoms. The van der Waals surface area contributed by atoms with Crippen LogP contribution in [0, 0.1) is 17.8 Å². The number of esters is 4. The number of aliphatic hydroxyl groups excluding tert-OH is 1. The molecule has 17 nitrogen and oxygen atoms in total. The molecule has 0 aromatic carbocycles. The molecule has 5 unspecified atom stereocenters. The lowest BCUT2D eigenvalue weighted by Gasteiger charge is -2.21. The summed E-state index contributed by atoms with van der Waals surface area (Å²) in [5, 5.41) is 10.5. The first-order valence-electron chi connectivity index (χ1n) is 33.5. The van der Waals surface area contributed by atoms with Gasteiger partial charge in [0.2, 0.25) is 0 Å². The Labute approximate surface area is 505 Å². The summed E-state index contributed by atoms with van der Waals surface area (Å²) in [7, 11) is -9.89. The summed E-state index contributed by atoms with van der Waals surface area (Å²) in [4.78, 5) is 72.2. The van der Waals surface area contributed by atoms with Crippen LogP contribution in [0.5, 0.6) is 0 Å². The summed E-state index contributed by atoms with van der Waals surface area (Å²) in [5.41, 5.74) is 0. The van der Waals surface area contributed by atoms with Gasteiger partial charge < -0.3 is 33.8 Å². The van der Waals surface area contributed by atoms with Crippen molar-refractivity contribution in [1.29, 1.82) is 0 Å². The van der Waals surface area contributed by atoms with Crippen molar-refractivity contribution in [1.82, 2.24) is 0 Å². The van der Waals surface area contributed by atoms with Gasteiger partial charge in [-0.25, -0.2) is 9.13 Å².